The average Bonchev–Trinajstić information content (AvgIpc) is 2.46. The third-order valence-electron chi connectivity index (χ3n) is 2.37. The maximum atomic E-state index is 6.09. The van der Waals surface area contributed by atoms with Gasteiger partial charge in [-0.1, -0.05) is 24.6 Å². The van der Waals surface area contributed by atoms with Crippen molar-refractivity contribution in [3.63, 3.8) is 0 Å². The SMILES string of the molecule is CCCc1nc(Cl)c2c(C)cccn12. The van der Waals surface area contributed by atoms with E-state index in [1.54, 1.807) is 0 Å². The molecule has 0 aromatic carbocycles. The van der Waals surface area contributed by atoms with Crippen molar-refractivity contribution in [3.8, 4) is 0 Å². The number of nitrogens with zero attached hydrogens (tertiary/aromatic N) is 2. The Balaban J connectivity index is 2.71. The Labute approximate surface area is 88.5 Å². The molecule has 0 radical (unpaired) electrons. The molecule has 2 rings (SSSR count). The van der Waals surface area contributed by atoms with Crippen LogP contribution in [0.1, 0.15) is 24.7 Å². The number of rotatable bonds is 2. The zero-order valence-corrected chi connectivity index (χ0v) is 9.17. The molecule has 14 heavy (non-hydrogen) atoms. The summed E-state index contributed by atoms with van der Waals surface area (Å²) in [6, 6.07) is 4.08. The Bertz CT molecular complexity index is 460. The Morgan fingerprint density at radius 2 is 2.29 bits per heavy atom. The third kappa shape index (κ3) is 1.40. The van der Waals surface area contributed by atoms with E-state index >= 15 is 0 Å². The van der Waals surface area contributed by atoms with Crippen molar-refractivity contribution in [2.75, 3.05) is 0 Å². The van der Waals surface area contributed by atoms with E-state index in [1.165, 1.54) is 5.56 Å². The van der Waals surface area contributed by atoms with Crippen molar-refractivity contribution in [2.45, 2.75) is 26.7 Å². The number of aromatic nitrogens is 2. The molecule has 0 amide bonds. The maximum absolute atomic E-state index is 6.09. The molecule has 0 atom stereocenters. The third-order valence-corrected chi connectivity index (χ3v) is 2.63. The molecular formula is C11H13ClN2. The normalized spacial score (nSPS) is 11.1. The minimum absolute atomic E-state index is 0.617. The van der Waals surface area contributed by atoms with E-state index in [2.05, 4.69) is 29.3 Å². The highest BCUT2D eigenvalue weighted by Crippen LogP contribution is 2.22. The van der Waals surface area contributed by atoms with Crippen molar-refractivity contribution >= 4 is 17.1 Å². The molecule has 0 bridgehead atoms. The molecule has 0 fully saturated rings. The number of fused-ring (bicyclic) bond motifs is 1. The molecule has 0 aliphatic heterocycles. The summed E-state index contributed by atoms with van der Waals surface area (Å²) in [4.78, 5) is 4.37. The molecular weight excluding hydrogens is 196 g/mol. The molecule has 0 unspecified atom stereocenters. The summed E-state index contributed by atoms with van der Waals surface area (Å²) in [7, 11) is 0. The molecule has 2 aromatic rings. The van der Waals surface area contributed by atoms with Crippen LogP contribution in [0.3, 0.4) is 0 Å². The summed E-state index contributed by atoms with van der Waals surface area (Å²) in [5, 5.41) is 0.617. The minimum atomic E-state index is 0.617. The highest BCUT2D eigenvalue weighted by molar-refractivity contribution is 6.32. The van der Waals surface area contributed by atoms with Gasteiger partial charge in [0.2, 0.25) is 0 Å². The van der Waals surface area contributed by atoms with Crippen molar-refractivity contribution in [2.24, 2.45) is 0 Å². The van der Waals surface area contributed by atoms with E-state index in [4.69, 9.17) is 11.6 Å². The topological polar surface area (TPSA) is 17.3 Å². The van der Waals surface area contributed by atoms with Gasteiger partial charge < -0.3 is 4.40 Å². The average molecular weight is 209 g/mol. The second kappa shape index (κ2) is 3.62. The van der Waals surface area contributed by atoms with Gasteiger partial charge >= 0.3 is 0 Å². The van der Waals surface area contributed by atoms with Gasteiger partial charge in [0.15, 0.2) is 5.15 Å². The van der Waals surface area contributed by atoms with Crippen molar-refractivity contribution in [1.29, 1.82) is 0 Å². The van der Waals surface area contributed by atoms with Gasteiger partial charge in [0, 0.05) is 12.6 Å². The van der Waals surface area contributed by atoms with Crippen LogP contribution < -0.4 is 0 Å². The molecule has 0 N–H and O–H groups in total. The predicted molar refractivity (Wildman–Crippen MR) is 58.9 cm³/mol. The van der Waals surface area contributed by atoms with Gasteiger partial charge in [-0.25, -0.2) is 4.98 Å². The second-order valence-electron chi connectivity index (χ2n) is 3.48. The van der Waals surface area contributed by atoms with E-state index in [1.807, 2.05) is 12.3 Å². The summed E-state index contributed by atoms with van der Waals surface area (Å²) in [5.41, 5.74) is 2.21. The van der Waals surface area contributed by atoms with Gasteiger partial charge in [-0.3, -0.25) is 0 Å². The van der Waals surface area contributed by atoms with Crippen molar-refractivity contribution in [1.82, 2.24) is 9.38 Å². The van der Waals surface area contributed by atoms with Crippen LogP contribution in [0.4, 0.5) is 0 Å². The molecule has 0 saturated heterocycles. The van der Waals surface area contributed by atoms with Crippen LogP contribution in [-0.4, -0.2) is 9.38 Å². The fourth-order valence-corrected chi connectivity index (χ4v) is 2.05. The molecule has 2 heterocycles. The zero-order chi connectivity index (χ0) is 10.1. The predicted octanol–water partition coefficient (Wildman–Crippen LogP) is 3.25. The molecule has 2 nitrogen and oxygen atoms in total. The first-order chi connectivity index (χ1) is 6.74. The van der Waals surface area contributed by atoms with E-state index in [0.717, 1.165) is 24.2 Å². The van der Waals surface area contributed by atoms with E-state index in [0.29, 0.717) is 5.15 Å². The van der Waals surface area contributed by atoms with Gasteiger partial charge in [-0.15, -0.1) is 0 Å². The zero-order valence-electron chi connectivity index (χ0n) is 8.42. The molecule has 3 heteroatoms. The summed E-state index contributed by atoms with van der Waals surface area (Å²) in [6.45, 7) is 4.20. The first-order valence-corrected chi connectivity index (χ1v) is 5.24. The van der Waals surface area contributed by atoms with Crippen LogP contribution >= 0.6 is 11.6 Å². The van der Waals surface area contributed by atoms with E-state index in [-0.39, 0.29) is 0 Å². The van der Waals surface area contributed by atoms with Gasteiger partial charge in [0.1, 0.15) is 5.82 Å². The van der Waals surface area contributed by atoms with Gasteiger partial charge in [-0.05, 0) is 25.0 Å². The minimum Gasteiger partial charge on any atom is -0.302 e. The summed E-state index contributed by atoms with van der Waals surface area (Å²) >= 11 is 6.09. The van der Waals surface area contributed by atoms with Gasteiger partial charge in [0.25, 0.3) is 0 Å². The highest BCUT2D eigenvalue weighted by Gasteiger charge is 2.09. The lowest BCUT2D eigenvalue weighted by molar-refractivity contribution is 0.830. The lowest BCUT2D eigenvalue weighted by atomic mass is 10.2. The van der Waals surface area contributed by atoms with E-state index in [9.17, 15) is 0 Å². The molecule has 74 valence electrons. The first-order valence-electron chi connectivity index (χ1n) is 4.86. The van der Waals surface area contributed by atoms with Gasteiger partial charge in [-0.2, -0.15) is 0 Å². The second-order valence-corrected chi connectivity index (χ2v) is 3.84. The standard InChI is InChI=1S/C11H13ClN2/c1-3-5-9-13-11(12)10-8(2)6-4-7-14(9)10/h4,6-7H,3,5H2,1-2H3. The molecule has 0 saturated carbocycles. The maximum Gasteiger partial charge on any atom is 0.155 e. The van der Waals surface area contributed by atoms with E-state index < -0.39 is 0 Å². The number of halogens is 1. The number of hydrogen-bond donors (Lipinski definition) is 0. The van der Waals surface area contributed by atoms with Gasteiger partial charge in [0.05, 0.1) is 5.52 Å². The summed E-state index contributed by atoms with van der Waals surface area (Å²) in [6.07, 6.45) is 4.08. The molecule has 2 aromatic heterocycles. The number of hydrogen-bond acceptors (Lipinski definition) is 1. The quantitative estimate of drug-likeness (QED) is 0.741. The fraction of sp³-hybridized carbons (Fsp3) is 0.364. The lowest BCUT2D eigenvalue weighted by Gasteiger charge is -2.00. The van der Waals surface area contributed by atoms with Crippen LogP contribution in [0.2, 0.25) is 5.15 Å². The molecule has 0 spiro atoms. The molecule has 0 aliphatic rings. The summed E-state index contributed by atoms with van der Waals surface area (Å²) < 4.78 is 2.08. The van der Waals surface area contributed by atoms with Crippen LogP contribution in [0.15, 0.2) is 18.3 Å². The Hall–Kier alpha value is -1.02. The number of imidazole rings is 1. The summed E-state index contributed by atoms with van der Waals surface area (Å²) in [5.74, 6) is 1.05. The Kier molecular flexibility index (Phi) is 2.46. The monoisotopic (exact) mass is 208 g/mol. The van der Waals surface area contributed by atoms with Crippen LogP contribution in [0.25, 0.3) is 5.52 Å². The smallest absolute Gasteiger partial charge is 0.155 e. The number of pyridine rings is 1. The largest absolute Gasteiger partial charge is 0.302 e. The highest BCUT2D eigenvalue weighted by atomic mass is 35.5. The van der Waals surface area contributed by atoms with Crippen LogP contribution in [0.5, 0.6) is 0 Å². The lowest BCUT2D eigenvalue weighted by Crippen LogP contribution is -1.93. The van der Waals surface area contributed by atoms with Crippen molar-refractivity contribution < 1.29 is 0 Å². The number of aryl methyl sites for hydroxylation is 2. The van der Waals surface area contributed by atoms with Crippen LogP contribution in [0, 0.1) is 6.92 Å². The fourth-order valence-electron chi connectivity index (χ4n) is 1.71. The molecule has 0 aliphatic carbocycles. The van der Waals surface area contributed by atoms with Crippen molar-refractivity contribution in [3.05, 3.63) is 34.9 Å². The van der Waals surface area contributed by atoms with Crippen LogP contribution in [-0.2, 0) is 6.42 Å². The Morgan fingerprint density at radius 3 is 3.00 bits per heavy atom. The first kappa shape index (κ1) is 9.53. The Morgan fingerprint density at radius 1 is 1.50 bits per heavy atom.